The van der Waals surface area contributed by atoms with Crippen LogP contribution in [0.25, 0.3) is 0 Å². The van der Waals surface area contributed by atoms with Crippen molar-refractivity contribution in [1.29, 1.82) is 0 Å². The Morgan fingerprint density at radius 2 is 1.75 bits per heavy atom. The highest BCUT2D eigenvalue weighted by molar-refractivity contribution is 5.71. The van der Waals surface area contributed by atoms with Gasteiger partial charge in [-0.25, -0.2) is 0 Å². The summed E-state index contributed by atoms with van der Waals surface area (Å²) < 4.78 is 0. The van der Waals surface area contributed by atoms with Crippen LogP contribution in [0.4, 0.5) is 5.69 Å². The van der Waals surface area contributed by atoms with Crippen LogP contribution in [0.5, 0.6) is 0 Å². The van der Waals surface area contributed by atoms with Crippen LogP contribution in [-0.2, 0) is 11.8 Å². The quantitative estimate of drug-likeness (QED) is 0.779. The molecule has 0 bridgehead atoms. The molecule has 1 nitrogen and oxygen atoms in total. The van der Waals surface area contributed by atoms with E-state index in [4.69, 9.17) is 0 Å². The molecule has 100 valence electrons. The minimum Gasteiger partial charge on any atom is -0.347 e. The monoisotopic (exact) mass is 261 g/mol. The van der Waals surface area contributed by atoms with Crippen molar-refractivity contribution in [2.45, 2.75) is 24.7 Å². The summed E-state index contributed by atoms with van der Waals surface area (Å²) in [6.45, 7) is 0. The van der Waals surface area contributed by atoms with E-state index in [1.807, 2.05) is 0 Å². The van der Waals surface area contributed by atoms with Crippen LogP contribution >= 0.6 is 0 Å². The first-order valence-corrected chi connectivity index (χ1v) is 7.39. The second-order valence-corrected chi connectivity index (χ2v) is 5.95. The zero-order valence-electron chi connectivity index (χ0n) is 11.8. The first-order valence-electron chi connectivity index (χ1n) is 7.39. The van der Waals surface area contributed by atoms with Crippen LogP contribution in [0.1, 0.15) is 24.0 Å². The number of anilines is 1. The van der Waals surface area contributed by atoms with E-state index in [0.29, 0.717) is 0 Å². The third-order valence-electron chi connectivity index (χ3n) is 4.89. The molecule has 2 aromatic carbocycles. The van der Waals surface area contributed by atoms with Crippen molar-refractivity contribution >= 4 is 5.69 Å². The van der Waals surface area contributed by atoms with Crippen LogP contribution in [0.2, 0.25) is 0 Å². The first-order chi connectivity index (χ1) is 9.81. The van der Waals surface area contributed by atoms with Crippen LogP contribution < -0.4 is 4.90 Å². The fourth-order valence-electron chi connectivity index (χ4n) is 4.03. The van der Waals surface area contributed by atoms with Crippen molar-refractivity contribution in [2.24, 2.45) is 0 Å². The molecule has 0 saturated carbocycles. The lowest BCUT2D eigenvalue weighted by Gasteiger charge is -2.28. The Bertz CT molecular complexity index is 671. The lowest BCUT2D eigenvalue weighted by Crippen LogP contribution is -2.28. The average Bonchev–Trinajstić information content (AvgIpc) is 3.00. The zero-order chi connectivity index (χ0) is 13.6. The molecule has 0 N–H and O–H groups in total. The molecule has 1 atom stereocenters. The zero-order valence-corrected chi connectivity index (χ0v) is 11.8. The molecule has 2 aromatic rings. The van der Waals surface area contributed by atoms with E-state index in [2.05, 4.69) is 72.6 Å². The predicted molar refractivity (Wildman–Crippen MR) is 84.0 cm³/mol. The average molecular weight is 261 g/mol. The van der Waals surface area contributed by atoms with Gasteiger partial charge in [0.05, 0.1) is 0 Å². The van der Waals surface area contributed by atoms with Crippen molar-refractivity contribution in [3.8, 4) is 0 Å². The van der Waals surface area contributed by atoms with Crippen molar-refractivity contribution in [1.82, 2.24) is 0 Å². The Morgan fingerprint density at radius 3 is 2.60 bits per heavy atom. The summed E-state index contributed by atoms with van der Waals surface area (Å²) in [7, 11) is 2.21. The van der Waals surface area contributed by atoms with Gasteiger partial charge in [0, 0.05) is 23.8 Å². The number of rotatable bonds is 2. The molecule has 1 heteroatoms. The Morgan fingerprint density at radius 1 is 1.00 bits per heavy atom. The molecule has 0 radical (unpaired) electrons. The number of hydrogen-bond donors (Lipinski definition) is 0. The normalized spacial score (nSPS) is 23.4. The molecule has 0 aromatic heterocycles. The lowest BCUT2D eigenvalue weighted by molar-refractivity contribution is 0.505. The maximum Gasteiger partial charge on any atom is 0.0448 e. The second-order valence-electron chi connectivity index (χ2n) is 5.95. The topological polar surface area (TPSA) is 3.24 Å². The summed E-state index contributed by atoms with van der Waals surface area (Å²) in [5.74, 6) is 0. The third kappa shape index (κ3) is 1.49. The summed E-state index contributed by atoms with van der Waals surface area (Å²) in [6.07, 6.45) is 5.98. The predicted octanol–water partition coefficient (Wildman–Crippen LogP) is 4.29. The van der Waals surface area contributed by atoms with Gasteiger partial charge < -0.3 is 4.90 Å². The van der Waals surface area contributed by atoms with Crippen LogP contribution in [0, 0.1) is 0 Å². The SMILES string of the molecule is CN1C2=CCCC2(Cc2ccccc2)c2ccccc21. The molecular weight excluding hydrogens is 242 g/mol. The highest BCUT2D eigenvalue weighted by Gasteiger charge is 2.47. The molecule has 0 fully saturated rings. The molecule has 0 spiro atoms. The number of fused-ring (bicyclic) bond motifs is 3. The van der Waals surface area contributed by atoms with Crippen molar-refractivity contribution in [3.63, 3.8) is 0 Å². The van der Waals surface area contributed by atoms with E-state index in [-0.39, 0.29) is 5.41 Å². The maximum atomic E-state index is 2.43. The van der Waals surface area contributed by atoms with Gasteiger partial charge in [0.1, 0.15) is 0 Å². The molecule has 0 amide bonds. The second kappa shape index (κ2) is 4.24. The van der Waals surface area contributed by atoms with Crippen LogP contribution in [0.3, 0.4) is 0 Å². The van der Waals surface area contributed by atoms with Gasteiger partial charge in [0.15, 0.2) is 0 Å². The first kappa shape index (κ1) is 11.8. The molecule has 0 saturated heterocycles. The molecule has 1 heterocycles. The molecule has 2 aliphatic rings. The number of likely N-dealkylation sites (N-methyl/N-ethyl adjacent to an activating group) is 1. The lowest BCUT2D eigenvalue weighted by atomic mass is 9.75. The van der Waals surface area contributed by atoms with Gasteiger partial charge in [0.2, 0.25) is 0 Å². The molecular formula is C19H19N. The summed E-state index contributed by atoms with van der Waals surface area (Å²) >= 11 is 0. The fourth-order valence-corrected chi connectivity index (χ4v) is 4.03. The minimum absolute atomic E-state index is 0.201. The molecule has 1 aliphatic carbocycles. The minimum atomic E-state index is 0.201. The van der Waals surface area contributed by atoms with E-state index in [9.17, 15) is 0 Å². The summed E-state index contributed by atoms with van der Waals surface area (Å²) in [5, 5.41) is 0. The van der Waals surface area contributed by atoms with Crippen molar-refractivity contribution in [2.75, 3.05) is 11.9 Å². The highest BCUT2D eigenvalue weighted by Crippen LogP contribution is 2.54. The van der Waals surface area contributed by atoms with Crippen molar-refractivity contribution < 1.29 is 0 Å². The Kier molecular flexibility index (Phi) is 2.50. The summed E-state index contributed by atoms with van der Waals surface area (Å²) in [5.41, 5.74) is 6.03. The Balaban J connectivity index is 1.85. The Labute approximate surface area is 120 Å². The van der Waals surface area contributed by atoms with E-state index >= 15 is 0 Å². The largest absolute Gasteiger partial charge is 0.347 e. The van der Waals surface area contributed by atoms with E-state index < -0.39 is 0 Å². The third-order valence-corrected chi connectivity index (χ3v) is 4.89. The number of benzene rings is 2. The number of para-hydroxylation sites is 1. The molecule has 1 unspecified atom stereocenters. The highest BCUT2D eigenvalue weighted by atomic mass is 15.2. The molecule has 4 rings (SSSR count). The van der Waals surface area contributed by atoms with Crippen LogP contribution in [-0.4, -0.2) is 7.05 Å². The van der Waals surface area contributed by atoms with Gasteiger partial charge in [-0.2, -0.15) is 0 Å². The van der Waals surface area contributed by atoms with Crippen LogP contribution in [0.15, 0.2) is 66.4 Å². The van der Waals surface area contributed by atoms with E-state index in [1.54, 1.807) is 0 Å². The summed E-state index contributed by atoms with van der Waals surface area (Å²) in [6, 6.07) is 19.8. The number of allylic oxidation sites excluding steroid dienone is 2. The van der Waals surface area contributed by atoms with Gasteiger partial charge in [-0.05, 0) is 36.5 Å². The van der Waals surface area contributed by atoms with Gasteiger partial charge in [-0.3, -0.25) is 0 Å². The number of nitrogens with zero attached hydrogens (tertiary/aromatic N) is 1. The Hall–Kier alpha value is -2.02. The molecule has 1 aliphatic heterocycles. The fraction of sp³-hybridized carbons (Fsp3) is 0.263. The summed E-state index contributed by atoms with van der Waals surface area (Å²) in [4.78, 5) is 2.39. The van der Waals surface area contributed by atoms with E-state index in [1.165, 1.54) is 35.4 Å². The van der Waals surface area contributed by atoms with Crippen molar-refractivity contribution in [3.05, 3.63) is 77.5 Å². The van der Waals surface area contributed by atoms with Gasteiger partial charge in [-0.1, -0.05) is 54.6 Å². The van der Waals surface area contributed by atoms with Gasteiger partial charge in [0.25, 0.3) is 0 Å². The molecule has 20 heavy (non-hydrogen) atoms. The smallest absolute Gasteiger partial charge is 0.0448 e. The van der Waals surface area contributed by atoms with E-state index in [0.717, 1.165) is 6.42 Å². The number of hydrogen-bond acceptors (Lipinski definition) is 1. The standard InChI is InChI=1S/C19H19N/c1-20-17-11-6-5-10-16(17)19(13-7-12-18(19)20)14-15-8-3-2-4-9-15/h2-6,8-12H,7,13-14H2,1H3. The van der Waals surface area contributed by atoms with Gasteiger partial charge >= 0.3 is 0 Å². The maximum absolute atomic E-state index is 2.43. The van der Waals surface area contributed by atoms with Gasteiger partial charge in [-0.15, -0.1) is 0 Å².